The number of para-hydroxylation sites is 1. The van der Waals surface area contributed by atoms with Crippen LogP contribution in [0.3, 0.4) is 0 Å². The van der Waals surface area contributed by atoms with Crippen LogP contribution >= 0.6 is 11.6 Å². The highest BCUT2D eigenvalue weighted by molar-refractivity contribution is 6.30. The third-order valence-electron chi connectivity index (χ3n) is 3.55. The van der Waals surface area contributed by atoms with E-state index in [1.54, 1.807) is 36.2 Å². The Kier molecular flexibility index (Phi) is 5.30. The lowest BCUT2D eigenvalue weighted by atomic mass is 10.3. The summed E-state index contributed by atoms with van der Waals surface area (Å²) < 4.78 is 5.60. The first kappa shape index (κ1) is 17.0. The van der Waals surface area contributed by atoms with Crippen molar-refractivity contribution in [2.24, 2.45) is 0 Å². The fourth-order valence-electron chi connectivity index (χ4n) is 2.18. The number of nitrogens with zero attached hydrogens (tertiary/aromatic N) is 4. The molecule has 128 valence electrons. The van der Waals surface area contributed by atoms with Gasteiger partial charge in [-0.1, -0.05) is 29.8 Å². The summed E-state index contributed by atoms with van der Waals surface area (Å²) in [5.74, 6) is 0.502. The molecule has 0 aliphatic carbocycles. The van der Waals surface area contributed by atoms with Crippen LogP contribution in [0.15, 0.2) is 60.8 Å². The molecule has 25 heavy (non-hydrogen) atoms. The molecular weight excluding hydrogens is 340 g/mol. The number of halogens is 1. The van der Waals surface area contributed by atoms with Crippen LogP contribution in [0.25, 0.3) is 5.69 Å². The predicted octanol–water partition coefficient (Wildman–Crippen LogP) is 3.07. The minimum Gasteiger partial charge on any atom is -0.492 e. The first-order chi connectivity index (χ1) is 12.1. The third-order valence-corrected chi connectivity index (χ3v) is 3.81. The van der Waals surface area contributed by atoms with E-state index < -0.39 is 0 Å². The second-order valence-corrected chi connectivity index (χ2v) is 5.82. The Morgan fingerprint density at radius 2 is 1.88 bits per heavy atom. The van der Waals surface area contributed by atoms with Crippen LogP contribution in [0, 0.1) is 0 Å². The van der Waals surface area contributed by atoms with Crippen LogP contribution in [-0.4, -0.2) is 46.0 Å². The Labute approximate surface area is 150 Å². The summed E-state index contributed by atoms with van der Waals surface area (Å²) in [6.45, 7) is 0.802. The highest BCUT2D eigenvalue weighted by atomic mass is 35.5. The molecule has 1 aromatic heterocycles. The molecule has 0 unspecified atom stereocenters. The van der Waals surface area contributed by atoms with Crippen molar-refractivity contribution in [2.75, 3.05) is 20.2 Å². The summed E-state index contributed by atoms with van der Waals surface area (Å²) in [6, 6.07) is 16.5. The molecule has 0 spiro atoms. The molecule has 3 rings (SSSR count). The minimum absolute atomic E-state index is 0.207. The Morgan fingerprint density at radius 3 is 2.60 bits per heavy atom. The van der Waals surface area contributed by atoms with Gasteiger partial charge in [-0.3, -0.25) is 4.79 Å². The molecule has 0 aliphatic heterocycles. The Morgan fingerprint density at radius 1 is 1.16 bits per heavy atom. The highest BCUT2D eigenvalue weighted by Crippen LogP contribution is 2.15. The molecule has 0 aliphatic rings. The van der Waals surface area contributed by atoms with Crippen LogP contribution in [-0.2, 0) is 0 Å². The standard InChI is InChI=1S/C18H17ClN4O2/c1-22(11-12-25-16-9-7-14(19)8-10-16)18(24)17-13-20-23(21-17)15-5-3-2-4-6-15/h2-10,13H,11-12H2,1H3. The highest BCUT2D eigenvalue weighted by Gasteiger charge is 2.16. The van der Waals surface area contributed by atoms with E-state index in [2.05, 4.69) is 10.2 Å². The molecule has 0 saturated heterocycles. The average molecular weight is 357 g/mol. The summed E-state index contributed by atoms with van der Waals surface area (Å²) in [4.78, 5) is 15.4. The minimum atomic E-state index is -0.207. The van der Waals surface area contributed by atoms with E-state index in [9.17, 15) is 4.79 Å². The predicted molar refractivity (Wildman–Crippen MR) is 95.3 cm³/mol. The van der Waals surface area contributed by atoms with E-state index >= 15 is 0 Å². The maximum absolute atomic E-state index is 12.4. The van der Waals surface area contributed by atoms with Crippen LogP contribution < -0.4 is 4.74 Å². The molecule has 0 radical (unpaired) electrons. The van der Waals surface area contributed by atoms with Gasteiger partial charge in [0.2, 0.25) is 0 Å². The van der Waals surface area contributed by atoms with Crippen molar-refractivity contribution in [1.82, 2.24) is 19.9 Å². The molecule has 1 heterocycles. The van der Waals surface area contributed by atoms with Gasteiger partial charge in [0.1, 0.15) is 12.4 Å². The number of ether oxygens (including phenoxy) is 1. The number of hydrogen-bond donors (Lipinski definition) is 0. The maximum Gasteiger partial charge on any atom is 0.275 e. The van der Waals surface area contributed by atoms with Gasteiger partial charge in [0, 0.05) is 12.1 Å². The van der Waals surface area contributed by atoms with Crippen molar-refractivity contribution in [1.29, 1.82) is 0 Å². The fourth-order valence-corrected chi connectivity index (χ4v) is 2.30. The number of carbonyl (C=O) groups is 1. The fraction of sp³-hybridized carbons (Fsp3) is 0.167. The van der Waals surface area contributed by atoms with Gasteiger partial charge in [0.25, 0.3) is 5.91 Å². The van der Waals surface area contributed by atoms with Crippen molar-refractivity contribution >= 4 is 17.5 Å². The number of rotatable bonds is 6. The number of hydrogen-bond acceptors (Lipinski definition) is 4. The Bertz CT molecular complexity index is 834. The average Bonchev–Trinajstić information content (AvgIpc) is 3.13. The maximum atomic E-state index is 12.4. The van der Waals surface area contributed by atoms with Crippen LogP contribution in [0.5, 0.6) is 5.75 Å². The van der Waals surface area contributed by atoms with Gasteiger partial charge in [-0.2, -0.15) is 9.90 Å². The van der Waals surface area contributed by atoms with E-state index in [4.69, 9.17) is 16.3 Å². The van der Waals surface area contributed by atoms with Gasteiger partial charge in [-0.05, 0) is 36.4 Å². The zero-order valence-corrected chi connectivity index (χ0v) is 14.4. The lowest BCUT2D eigenvalue weighted by Gasteiger charge is -2.16. The molecule has 2 aromatic carbocycles. The number of likely N-dealkylation sites (N-methyl/N-ethyl adjacent to an activating group) is 1. The smallest absolute Gasteiger partial charge is 0.275 e. The van der Waals surface area contributed by atoms with Gasteiger partial charge in [0.15, 0.2) is 5.69 Å². The zero-order valence-electron chi connectivity index (χ0n) is 13.7. The molecule has 0 N–H and O–H groups in total. The number of aromatic nitrogens is 3. The van der Waals surface area contributed by atoms with Crippen LogP contribution in [0.4, 0.5) is 0 Å². The first-order valence-corrected chi connectivity index (χ1v) is 8.13. The molecule has 0 bridgehead atoms. The van der Waals surface area contributed by atoms with Crippen molar-refractivity contribution in [2.45, 2.75) is 0 Å². The Balaban J connectivity index is 1.55. The zero-order chi connectivity index (χ0) is 17.6. The normalized spacial score (nSPS) is 10.5. The SMILES string of the molecule is CN(CCOc1ccc(Cl)cc1)C(=O)c1cnn(-c2ccccc2)n1. The quantitative estimate of drug-likeness (QED) is 0.681. The molecule has 6 nitrogen and oxygen atoms in total. The summed E-state index contributed by atoms with van der Waals surface area (Å²) in [5, 5.41) is 9.03. The molecule has 0 saturated carbocycles. The molecule has 1 amide bonds. The van der Waals surface area contributed by atoms with Gasteiger partial charge in [-0.15, -0.1) is 5.10 Å². The second kappa shape index (κ2) is 7.81. The van der Waals surface area contributed by atoms with E-state index in [-0.39, 0.29) is 11.6 Å². The lowest BCUT2D eigenvalue weighted by molar-refractivity contribution is 0.0767. The Hall–Kier alpha value is -2.86. The molecular formula is C18H17ClN4O2. The number of carbonyl (C=O) groups excluding carboxylic acids is 1. The van der Waals surface area contributed by atoms with Crippen molar-refractivity contribution < 1.29 is 9.53 Å². The van der Waals surface area contributed by atoms with Crippen molar-refractivity contribution in [3.63, 3.8) is 0 Å². The molecule has 3 aromatic rings. The molecule has 0 atom stereocenters. The summed E-state index contributed by atoms with van der Waals surface area (Å²) >= 11 is 5.83. The first-order valence-electron chi connectivity index (χ1n) is 7.75. The van der Waals surface area contributed by atoms with Crippen LogP contribution in [0.2, 0.25) is 5.02 Å². The van der Waals surface area contributed by atoms with E-state index in [0.29, 0.717) is 23.9 Å². The summed E-state index contributed by atoms with van der Waals surface area (Å²) in [7, 11) is 1.70. The molecule has 7 heteroatoms. The largest absolute Gasteiger partial charge is 0.492 e. The van der Waals surface area contributed by atoms with Gasteiger partial charge in [-0.25, -0.2) is 0 Å². The van der Waals surface area contributed by atoms with Crippen LogP contribution in [0.1, 0.15) is 10.5 Å². The third kappa shape index (κ3) is 4.36. The van der Waals surface area contributed by atoms with E-state index in [0.717, 1.165) is 5.69 Å². The van der Waals surface area contributed by atoms with E-state index in [1.165, 1.54) is 11.0 Å². The lowest BCUT2D eigenvalue weighted by Crippen LogP contribution is -2.31. The van der Waals surface area contributed by atoms with Gasteiger partial charge in [0.05, 0.1) is 18.4 Å². The van der Waals surface area contributed by atoms with Crippen molar-refractivity contribution in [3.05, 3.63) is 71.5 Å². The second-order valence-electron chi connectivity index (χ2n) is 5.38. The summed E-state index contributed by atoms with van der Waals surface area (Å²) in [6.07, 6.45) is 1.46. The van der Waals surface area contributed by atoms with Crippen molar-refractivity contribution in [3.8, 4) is 11.4 Å². The van der Waals surface area contributed by atoms with E-state index in [1.807, 2.05) is 30.3 Å². The number of amides is 1. The molecule has 0 fully saturated rings. The van der Waals surface area contributed by atoms with Gasteiger partial charge < -0.3 is 9.64 Å². The topological polar surface area (TPSA) is 60.2 Å². The number of benzene rings is 2. The van der Waals surface area contributed by atoms with Gasteiger partial charge >= 0.3 is 0 Å². The monoisotopic (exact) mass is 356 g/mol. The summed E-state index contributed by atoms with van der Waals surface area (Å²) in [5.41, 5.74) is 1.09.